The average molecular weight is 465 g/mol. The highest BCUT2D eigenvalue weighted by Crippen LogP contribution is 2.42. The van der Waals surface area contributed by atoms with E-state index in [0.717, 1.165) is 5.56 Å². The van der Waals surface area contributed by atoms with Gasteiger partial charge in [-0.15, -0.1) is 0 Å². The van der Waals surface area contributed by atoms with Crippen molar-refractivity contribution in [3.8, 4) is 11.3 Å². The van der Waals surface area contributed by atoms with Crippen LogP contribution in [0.2, 0.25) is 0 Å². The zero-order valence-corrected chi connectivity index (χ0v) is 18.1. The Morgan fingerprint density at radius 1 is 1.38 bits per heavy atom. The van der Waals surface area contributed by atoms with Crippen molar-refractivity contribution in [1.29, 1.82) is 0 Å². The number of ether oxygens (including phenoxy) is 1. The predicted molar refractivity (Wildman–Crippen MR) is 112 cm³/mol. The van der Waals surface area contributed by atoms with E-state index in [1.54, 1.807) is 13.0 Å². The number of halogens is 2. The molecule has 0 bridgehead atoms. The van der Waals surface area contributed by atoms with E-state index in [9.17, 15) is 22.0 Å². The molecule has 0 atom stereocenters. The van der Waals surface area contributed by atoms with E-state index >= 15 is 0 Å². The van der Waals surface area contributed by atoms with Crippen LogP contribution < -0.4 is 10.5 Å². The molecule has 170 valence electrons. The summed E-state index contributed by atoms with van der Waals surface area (Å²) in [5.74, 6) is -3.78. The van der Waals surface area contributed by atoms with Crippen molar-refractivity contribution in [3.05, 3.63) is 41.9 Å². The fourth-order valence-corrected chi connectivity index (χ4v) is 4.84. The minimum Gasteiger partial charge on any atom is -0.464 e. The van der Waals surface area contributed by atoms with Crippen LogP contribution in [0.15, 0.2) is 35.5 Å². The monoisotopic (exact) mass is 465 g/mol. The quantitative estimate of drug-likeness (QED) is 0.535. The van der Waals surface area contributed by atoms with Gasteiger partial charge in [-0.25, -0.2) is 36.7 Å². The normalized spacial score (nSPS) is 16.1. The van der Waals surface area contributed by atoms with Crippen LogP contribution in [0.5, 0.6) is 0 Å². The fourth-order valence-electron chi connectivity index (χ4n) is 3.70. The molecular weight excluding hydrogens is 444 g/mol. The van der Waals surface area contributed by atoms with Crippen molar-refractivity contribution >= 4 is 27.5 Å². The second-order valence-corrected chi connectivity index (χ2v) is 9.57. The third-order valence-corrected chi connectivity index (χ3v) is 6.87. The zero-order valence-electron chi connectivity index (χ0n) is 17.3. The van der Waals surface area contributed by atoms with Crippen molar-refractivity contribution in [3.63, 3.8) is 0 Å². The number of hydrogen-bond donors (Lipinski definition) is 2. The molecule has 1 aliphatic rings. The molecule has 12 heteroatoms. The first-order valence-electron chi connectivity index (χ1n) is 9.71. The first-order chi connectivity index (χ1) is 15.0. The number of esters is 1. The van der Waals surface area contributed by atoms with Gasteiger partial charge in [0.2, 0.25) is 15.9 Å². The van der Waals surface area contributed by atoms with Gasteiger partial charge in [0.05, 0.1) is 23.9 Å². The van der Waals surface area contributed by atoms with Gasteiger partial charge in [-0.2, -0.15) is 0 Å². The molecule has 1 aromatic carbocycles. The number of sulfonamides is 1. The molecule has 1 aliphatic carbocycles. The van der Waals surface area contributed by atoms with Gasteiger partial charge in [-0.1, -0.05) is 6.07 Å². The number of rotatable bonds is 6. The number of nitrogens with one attached hydrogen (secondary N) is 1. The Bertz CT molecular complexity index is 1320. The lowest BCUT2D eigenvalue weighted by atomic mass is 9.82. The van der Waals surface area contributed by atoms with Gasteiger partial charge in [-0.3, -0.25) is 4.40 Å². The van der Waals surface area contributed by atoms with E-state index in [1.165, 1.54) is 36.0 Å². The lowest BCUT2D eigenvalue weighted by Gasteiger charge is -2.34. The molecule has 2 aromatic heterocycles. The van der Waals surface area contributed by atoms with Gasteiger partial charge < -0.3 is 10.5 Å². The second-order valence-electron chi connectivity index (χ2n) is 7.80. The lowest BCUT2D eigenvalue weighted by Crippen LogP contribution is -2.42. The van der Waals surface area contributed by atoms with E-state index < -0.39 is 27.8 Å². The number of hydrogen-bond acceptors (Lipinski definition) is 7. The van der Waals surface area contributed by atoms with Crippen molar-refractivity contribution in [2.45, 2.75) is 30.6 Å². The van der Waals surface area contributed by atoms with Gasteiger partial charge in [0.25, 0.3) is 0 Å². The standard InChI is InChI=1S/C20H21F2N5O4S/c1-11-3-4-13(32(29,30)25-8-12-6-20(21,22)7-12)5-14(11)16-9-24-18-17(23)26-15(10-27(16)18)19(28)31-2/h3-5,9-10,12,25H,6-8H2,1-2H3,(H2,23,26). The Labute approximate surface area is 182 Å². The summed E-state index contributed by atoms with van der Waals surface area (Å²) in [5.41, 5.74) is 7.97. The fraction of sp³-hybridized carbons (Fsp3) is 0.350. The Kier molecular flexibility index (Phi) is 5.37. The number of alkyl halides is 2. The molecule has 3 aromatic rings. The number of benzene rings is 1. The molecule has 3 N–H and O–H groups in total. The Balaban J connectivity index is 1.69. The summed E-state index contributed by atoms with van der Waals surface area (Å²) >= 11 is 0. The summed E-state index contributed by atoms with van der Waals surface area (Å²) in [5, 5.41) is 0. The summed E-state index contributed by atoms with van der Waals surface area (Å²) in [7, 11) is -2.70. The smallest absolute Gasteiger partial charge is 0.358 e. The van der Waals surface area contributed by atoms with Gasteiger partial charge in [0, 0.05) is 31.1 Å². The number of nitrogens with zero attached hydrogens (tertiary/aromatic N) is 3. The summed E-state index contributed by atoms with van der Waals surface area (Å²) in [6, 6.07) is 4.53. The maximum absolute atomic E-state index is 13.0. The summed E-state index contributed by atoms with van der Waals surface area (Å²) in [4.78, 5) is 20.1. The van der Waals surface area contributed by atoms with Crippen LogP contribution in [0, 0.1) is 12.8 Å². The molecule has 1 fully saturated rings. The van der Waals surface area contributed by atoms with Gasteiger partial charge in [0.1, 0.15) is 0 Å². The van der Waals surface area contributed by atoms with Gasteiger partial charge in [0.15, 0.2) is 17.2 Å². The number of aromatic nitrogens is 3. The number of aryl methyl sites for hydroxylation is 1. The van der Waals surface area contributed by atoms with Crippen molar-refractivity contribution < 1.29 is 26.7 Å². The summed E-state index contributed by atoms with van der Waals surface area (Å²) < 4.78 is 60.2. The van der Waals surface area contributed by atoms with Crippen LogP contribution in [-0.4, -0.2) is 48.3 Å². The third kappa shape index (κ3) is 4.02. The van der Waals surface area contributed by atoms with Crippen LogP contribution in [0.25, 0.3) is 16.9 Å². The maximum atomic E-state index is 13.0. The number of nitrogen functional groups attached to an aromatic ring is 1. The predicted octanol–water partition coefficient (Wildman–Crippen LogP) is 2.40. The first kappa shape index (κ1) is 22.1. The lowest BCUT2D eigenvalue weighted by molar-refractivity contribution is -0.108. The molecule has 0 aliphatic heterocycles. The second kappa shape index (κ2) is 7.78. The number of nitrogens with two attached hydrogens (primary N) is 1. The topological polar surface area (TPSA) is 129 Å². The maximum Gasteiger partial charge on any atom is 0.358 e. The third-order valence-electron chi connectivity index (χ3n) is 5.44. The van der Waals surface area contributed by atoms with Crippen LogP contribution in [-0.2, 0) is 14.8 Å². The largest absolute Gasteiger partial charge is 0.464 e. The minimum absolute atomic E-state index is 0.0135. The zero-order chi connectivity index (χ0) is 23.3. The molecule has 0 saturated heterocycles. The van der Waals surface area contributed by atoms with Crippen LogP contribution >= 0.6 is 0 Å². The molecular formula is C20H21F2N5O4S. The number of carbonyl (C=O) groups is 1. The van der Waals surface area contributed by atoms with Crippen molar-refractivity contribution in [2.75, 3.05) is 19.4 Å². The highest BCUT2D eigenvalue weighted by atomic mass is 32.2. The Morgan fingerprint density at radius 3 is 2.75 bits per heavy atom. The minimum atomic E-state index is -3.92. The molecule has 0 unspecified atom stereocenters. The van der Waals surface area contributed by atoms with Crippen molar-refractivity contribution in [2.24, 2.45) is 5.92 Å². The number of imidazole rings is 1. The molecule has 2 heterocycles. The number of methoxy groups -OCH3 is 1. The SMILES string of the molecule is COC(=O)c1cn2c(-c3cc(S(=O)(=O)NCC4CC(F)(F)C4)ccc3C)cnc2c(N)n1. The first-order valence-corrected chi connectivity index (χ1v) is 11.2. The number of fused-ring (bicyclic) bond motifs is 1. The molecule has 32 heavy (non-hydrogen) atoms. The molecule has 0 spiro atoms. The van der Waals surface area contributed by atoms with Gasteiger partial charge in [-0.05, 0) is 30.5 Å². The highest BCUT2D eigenvalue weighted by molar-refractivity contribution is 7.89. The van der Waals surface area contributed by atoms with Crippen LogP contribution in [0.4, 0.5) is 14.6 Å². The van der Waals surface area contributed by atoms with E-state index in [2.05, 4.69) is 14.7 Å². The molecule has 0 amide bonds. The molecule has 0 radical (unpaired) electrons. The Morgan fingerprint density at radius 2 is 2.09 bits per heavy atom. The number of anilines is 1. The van der Waals surface area contributed by atoms with E-state index in [4.69, 9.17) is 10.5 Å². The molecule has 1 saturated carbocycles. The molecule has 9 nitrogen and oxygen atoms in total. The van der Waals surface area contributed by atoms with Crippen LogP contribution in [0.3, 0.4) is 0 Å². The summed E-state index contributed by atoms with van der Waals surface area (Å²) in [6.07, 6.45) is 2.26. The highest BCUT2D eigenvalue weighted by Gasteiger charge is 2.45. The van der Waals surface area contributed by atoms with Crippen LogP contribution in [0.1, 0.15) is 28.9 Å². The number of carbonyl (C=O) groups excluding carboxylic acids is 1. The molecule has 4 rings (SSSR count). The Hall–Kier alpha value is -3.12. The van der Waals surface area contributed by atoms with E-state index in [-0.39, 0.29) is 35.8 Å². The average Bonchev–Trinajstić information content (AvgIpc) is 3.14. The van der Waals surface area contributed by atoms with E-state index in [0.29, 0.717) is 16.9 Å². The van der Waals surface area contributed by atoms with Crippen molar-refractivity contribution in [1.82, 2.24) is 19.1 Å². The van der Waals surface area contributed by atoms with E-state index in [1.807, 2.05) is 0 Å². The van der Waals surface area contributed by atoms with Gasteiger partial charge >= 0.3 is 5.97 Å². The summed E-state index contributed by atoms with van der Waals surface area (Å²) in [6.45, 7) is 1.74.